The van der Waals surface area contributed by atoms with E-state index in [1.54, 1.807) is 11.3 Å². The van der Waals surface area contributed by atoms with Gasteiger partial charge in [0, 0.05) is 16.7 Å². The molecule has 1 fully saturated rings. The average molecular weight is 287 g/mol. The van der Waals surface area contributed by atoms with Gasteiger partial charge in [0.1, 0.15) is 0 Å². The molecule has 0 aliphatic heterocycles. The lowest BCUT2D eigenvalue weighted by molar-refractivity contribution is 0.375. The number of hydrogen-bond acceptors (Lipinski definition) is 2. The molecule has 20 heavy (non-hydrogen) atoms. The van der Waals surface area contributed by atoms with Crippen molar-refractivity contribution in [3.8, 4) is 0 Å². The van der Waals surface area contributed by atoms with Gasteiger partial charge in [0.2, 0.25) is 0 Å². The van der Waals surface area contributed by atoms with E-state index in [0.717, 1.165) is 12.1 Å². The highest BCUT2D eigenvalue weighted by Gasteiger charge is 2.19. The maximum Gasteiger partial charge on any atom is 0.0712 e. The number of hydrogen-bond donors (Lipinski definition) is 0. The van der Waals surface area contributed by atoms with Crippen molar-refractivity contribution < 1.29 is 0 Å². The quantitative estimate of drug-likeness (QED) is 0.452. The third-order valence-corrected chi connectivity index (χ3v) is 5.07. The van der Waals surface area contributed by atoms with Crippen molar-refractivity contribution in [2.75, 3.05) is 0 Å². The summed E-state index contributed by atoms with van der Waals surface area (Å²) in [7, 11) is 0. The number of aliphatic imine (C=N–C) groups is 1. The maximum atomic E-state index is 4.89. The second-order valence-electron chi connectivity index (χ2n) is 5.81. The molecule has 1 aromatic rings. The zero-order valence-corrected chi connectivity index (χ0v) is 13.7. The highest BCUT2D eigenvalue weighted by Crippen LogP contribution is 2.34. The molecule has 0 amide bonds. The summed E-state index contributed by atoms with van der Waals surface area (Å²) in [6.45, 7) is 10.8. The molecule has 0 N–H and O–H groups in total. The normalized spacial score (nSPS) is 18.8. The van der Waals surface area contributed by atoms with Crippen LogP contribution in [0.1, 0.15) is 52.0 Å². The lowest BCUT2D eigenvalue weighted by Gasteiger charge is -2.26. The Kier molecular flexibility index (Phi) is 5.36. The van der Waals surface area contributed by atoms with E-state index in [2.05, 4.69) is 50.3 Å². The van der Waals surface area contributed by atoms with Gasteiger partial charge < -0.3 is 0 Å². The summed E-state index contributed by atoms with van der Waals surface area (Å²) >= 11 is 1.72. The Morgan fingerprint density at radius 1 is 1.55 bits per heavy atom. The monoisotopic (exact) mass is 287 g/mol. The molecular weight excluding hydrogens is 262 g/mol. The highest BCUT2D eigenvalue weighted by atomic mass is 32.1. The van der Waals surface area contributed by atoms with Gasteiger partial charge in [-0.05, 0) is 61.1 Å². The molecule has 0 radical (unpaired) electrons. The fourth-order valence-corrected chi connectivity index (χ4v) is 2.91. The second kappa shape index (κ2) is 7.03. The van der Waals surface area contributed by atoms with Crippen molar-refractivity contribution >= 4 is 22.7 Å². The Bertz CT molecular complexity index is 504. The largest absolute Gasteiger partial charge is 0.257 e. The van der Waals surface area contributed by atoms with Crippen LogP contribution in [0.5, 0.6) is 0 Å². The summed E-state index contributed by atoms with van der Waals surface area (Å²) in [5, 5.41) is 4.29. The minimum Gasteiger partial charge on any atom is -0.257 e. The molecule has 1 nitrogen and oxygen atoms in total. The van der Waals surface area contributed by atoms with Crippen molar-refractivity contribution in [1.82, 2.24) is 0 Å². The van der Waals surface area contributed by atoms with Crippen LogP contribution in [-0.4, -0.2) is 5.71 Å². The summed E-state index contributed by atoms with van der Waals surface area (Å²) in [4.78, 5) is 4.89. The number of nitrogens with zero attached hydrogens (tertiary/aromatic N) is 1. The van der Waals surface area contributed by atoms with Gasteiger partial charge in [-0.2, -0.15) is 11.3 Å². The third kappa shape index (κ3) is 3.69. The number of rotatable bonds is 6. The van der Waals surface area contributed by atoms with Crippen molar-refractivity contribution in [2.45, 2.75) is 46.5 Å². The van der Waals surface area contributed by atoms with Gasteiger partial charge in [-0.25, -0.2) is 0 Å². The van der Waals surface area contributed by atoms with E-state index in [4.69, 9.17) is 4.99 Å². The second-order valence-corrected chi connectivity index (χ2v) is 6.59. The smallest absolute Gasteiger partial charge is 0.0712 e. The number of allylic oxidation sites excluding steroid dienone is 2. The molecule has 0 aromatic carbocycles. The first-order valence-electron chi connectivity index (χ1n) is 7.60. The first kappa shape index (κ1) is 15.2. The maximum absolute atomic E-state index is 4.89. The molecule has 1 aliphatic rings. The Hall–Kier alpha value is -1.15. The van der Waals surface area contributed by atoms with Crippen LogP contribution >= 0.6 is 11.3 Å². The van der Waals surface area contributed by atoms with Gasteiger partial charge in [0.05, 0.1) is 5.70 Å². The zero-order valence-electron chi connectivity index (χ0n) is 12.9. The molecule has 1 aromatic heterocycles. The van der Waals surface area contributed by atoms with Crippen LogP contribution in [0, 0.1) is 11.8 Å². The van der Waals surface area contributed by atoms with Crippen LogP contribution < -0.4 is 0 Å². The first-order chi connectivity index (χ1) is 9.61. The Labute approximate surface area is 127 Å². The molecule has 2 heteroatoms. The molecule has 0 bridgehead atoms. The SMILES string of the molecule is C=C(/C=C(\N=C(C)C(C)CC)c1ccsc1)C1CCC1. The van der Waals surface area contributed by atoms with E-state index in [0.29, 0.717) is 11.8 Å². The van der Waals surface area contributed by atoms with Gasteiger partial charge in [-0.15, -0.1) is 0 Å². The summed E-state index contributed by atoms with van der Waals surface area (Å²) in [6.07, 6.45) is 7.27. The van der Waals surface area contributed by atoms with Crippen LogP contribution in [0.4, 0.5) is 0 Å². The van der Waals surface area contributed by atoms with Crippen molar-refractivity contribution in [2.24, 2.45) is 16.8 Å². The molecule has 1 aliphatic carbocycles. The van der Waals surface area contributed by atoms with Crippen molar-refractivity contribution in [1.29, 1.82) is 0 Å². The van der Waals surface area contributed by atoms with Crippen LogP contribution in [0.3, 0.4) is 0 Å². The lowest BCUT2D eigenvalue weighted by atomic mass is 9.80. The molecule has 0 saturated heterocycles. The summed E-state index contributed by atoms with van der Waals surface area (Å²) in [5.41, 5.74) is 4.77. The van der Waals surface area contributed by atoms with Crippen LogP contribution in [0.2, 0.25) is 0 Å². The Morgan fingerprint density at radius 3 is 2.80 bits per heavy atom. The highest BCUT2D eigenvalue weighted by molar-refractivity contribution is 7.08. The molecule has 1 unspecified atom stereocenters. The predicted octanol–water partition coefficient (Wildman–Crippen LogP) is 5.95. The molecule has 0 spiro atoms. The fraction of sp³-hybridized carbons (Fsp3) is 0.500. The van der Waals surface area contributed by atoms with E-state index in [9.17, 15) is 0 Å². The van der Waals surface area contributed by atoms with E-state index in [1.165, 1.54) is 36.1 Å². The van der Waals surface area contributed by atoms with Crippen LogP contribution in [0.25, 0.3) is 5.70 Å². The van der Waals surface area contributed by atoms with Crippen molar-refractivity contribution in [3.05, 3.63) is 40.6 Å². The topological polar surface area (TPSA) is 12.4 Å². The molecule has 108 valence electrons. The molecule has 1 saturated carbocycles. The van der Waals surface area contributed by atoms with Crippen LogP contribution in [0.15, 0.2) is 40.0 Å². The van der Waals surface area contributed by atoms with Crippen LogP contribution in [-0.2, 0) is 0 Å². The molecular formula is C18H25NS. The van der Waals surface area contributed by atoms with Gasteiger partial charge in [0.15, 0.2) is 0 Å². The minimum absolute atomic E-state index is 0.536. The van der Waals surface area contributed by atoms with Crippen molar-refractivity contribution in [3.63, 3.8) is 0 Å². The average Bonchev–Trinajstić information content (AvgIpc) is 2.88. The van der Waals surface area contributed by atoms with Gasteiger partial charge in [-0.3, -0.25) is 4.99 Å². The van der Waals surface area contributed by atoms with E-state index in [-0.39, 0.29) is 0 Å². The fourth-order valence-electron chi connectivity index (χ4n) is 2.26. The van der Waals surface area contributed by atoms with E-state index < -0.39 is 0 Å². The van der Waals surface area contributed by atoms with E-state index >= 15 is 0 Å². The van der Waals surface area contributed by atoms with Gasteiger partial charge in [0.25, 0.3) is 0 Å². The Morgan fingerprint density at radius 2 is 2.30 bits per heavy atom. The summed E-state index contributed by atoms with van der Waals surface area (Å²) in [6, 6.07) is 2.15. The van der Waals surface area contributed by atoms with Gasteiger partial charge >= 0.3 is 0 Å². The van der Waals surface area contributed by atoms with Gasteiger partial charge in [-0.1, -0.05) is 26.8 Å². The number of thiophene rings is 1. The predicted molar refractivity (Wildman–Crippen MR) is 91.3 cm³/mol. The third-order valence-electron chi connectivity index (χ3n) is 4.39. The molecule has 2 rings (SSSR count). The molecule has 1 heterocycles. The minimum atomic E-state index is 0.536. The first-order valence-corrected chi connectivity index (χ1v) is 8.54. The standard InChI is InChI=1S/C18H25NS/c1-5-13(2)15(4)19-18(17-9-10-20-12-17)11-14(3)16-7-6-8-16/h9-13,16H,3,5-8H2,1-2,4H3/b18-11-,19-15?. The lowest BCUT2D eigenvalue weighted by Crippen LogP contribution is -2.12. The summed E-state index contributed by atoms with van der Waals surface area (Å²) < 4.78 is 0. The van der Waals surface area contributed by atoms with E-state index in [1.807, 2.05) is 0 Å². The zero-order chi connectivity index (χ0) is 14.5. The Balaban J connectivity index is 2.25. The molecule has 1 atom stereocenters. The summed E-state index contributed by atoms with van der Waals surface area (Å²) in [5.74, 6) is 1.22.